The molecule has 1 aliphatic rings. The van der Waals surface area contributed by atoms with Gasteiger partial charge in [-0.05, 0) is 119 Å². The number of hydrogen-bond acceptors (Lipinski definition) is 1. The van der Waals surface area contributed by atoms with E-state index in [9.17, 15) is 5.26 Å². The van der Waals surface area contributed by atoms with Crippen LogP contribution < -0.4 is 0 Å². The van der Waals surface area contributed by atoms with Crippen molar-refractivity contribution in [3.63, 3.8) is 0 Å². The molecule has 52 heavy (non-hydrogen) atoms. The first kappa shape index (κ1) is 30.0. The van der Waals surface area contributed by atoms with E-state index in [0.29, 0.717) is 5.56 Å². The Bertz CT molecular complexity index is 2880. The van der Waals surface area contributed by atoms with Crippen LogP contribution in [0.25, 0.3) is 83.5 Å². The molecule has 3 heteroatoms. The van der Waals surface area contributed by atoms with Crippen LogP contribution in [0, 0.1) is 11.3 Å². The molecule has 0 spiro atoms. The molecule has 9 aromatic rings. The van der Waals surface area contributed by atoms with Crippen molar-refractivity contribution in [2.75, 3.05) is 0 Å². The number of nitriles is 1. The molecule has 0 unspecified atom stereocenters. The third-order valence-corrected chi connectivity index (χ3v) is 10.6. The fraction of sp³-hybridized carbons (Fsp3) is 0.0408. The molecule has 0 atom stereocenters. The van der Waals surface area contributed by atoms with Crippen molar-refractivity contribution >= 4 is 38.8 Å². The summed E-state index contributed by atoms with van der Waals surface area (Å²) < 4.78 is 4.70. The van der Waals surface area contributed by atoms with Gasteiger partial charge in [-0.1, -0.05) is 109 Å². The first-order valence-corrected chi connectivity index (χ1v) is 17.9. The molecule has 0 aliphatic heterocycles. The van der Waals surface area contributed by atoms with Crippen LogP contribution in [-0.4, -0.2) is 9.13 Å². The van der Waals surface area contributed by atoms with Crippen molar-refractivity contribution in [3.05, 3.63) is 187 Å². The van der Waals surface area contributed by atoms with Gasteiger partial charge in [-0.15, -0.1) is 0 Å². The summed E-state index contributed by atoms with van der Waals surface area (Å²) in [6.07, 6.45) is 6.68. The van der Waals surface area contributed by atoms with Crippen LogP contribution in [0.5, 0.6) is 0 Å². The molecule has 0 bridgehead atoms. The summed E-state index contributed by atoms with van der Waals surface area (Å²) in [6.45, 7) is 0. The largest absolute Gasteiger partial charge is 0.310 e. The van der Waals surface area contributed by atoms with Gasteiger partial charge < -0.3 is 9.13 Å². The number of nitrogens with zero attached hydrogens (tertiary/aromatic N) is 3. The van der Waals surface area contributed by atoms with E-state index >= 15 is 0 Å². The highest BCUT2D eigenvalue weighted by atomic mass is 15.0. The van der Waals surface area contributed by atoms with E-state index in [1.54, 1.807) is 0 Å². The first-order valence-electron chi connectivity index (χ1n) is 17.9. The molecule has 0 radical (unpaired) electrons. The molecule has 0 amide bonds. The number of hydrogen-bond donors (Lipinski definition) is 0. The van der Waals surface area contributed by atoms with Gasteiger partial charge in [0.15, 0.2) is 0 Å². The van der Waals surface area contributed by atoms with E-state index in [-0.39, 0.29) is 0 Å². The molecule has 0 saturated heterocycles. The summed E-state index contributed by atoms with van der Waals surface area (Å²) in [5.41, 5.74) is 16.3. The number of fused-ring (bicyclic) bond motifs is 6. The van der Waals surface area contributed by atoms with Gasteiger partial charge in [-0.25, -0.2) is 0 Å². The average Bonchev–Trinajstić information content (AvgIpc) is 3.73. The van der Waals surface area contributed by atoms with Crippen molar-refractivity contribution in [3.8, 4) is 50.8 Å². The van der Waals surface area contributed by atoms with Crippen LogP contribution in [0.3, 0.4) is 0 Å². The Morgan fingerprint density at radius 2 is 1.04 bits per heavy atom. The van der Waals surface area contributed by atoms with Gasteiger partial charge in [-0.2, -0.15) is 5.26 Å². The minimum Gasteiger partial charge on any atom is -0.310 e. The van der Waals surface area contributed by atoms with E-state index < -0.39 is 0 Å². The highest BCUT2D eigenvalue weighted by molar-refractivity contribution is 6.10. The average molecular weight is 664 g/mol. The van der Waals surface area contributed by atoms with Gasteiger partial charge in [0, 0.05) is 33.2 Å². The molecule has 0 saturated carbocycles. The Morgan fingerprint density at radius 1 is 0.442 bits per heavy atom. The van der Waals surface area contributed by atoms with Crippen LogP contribution in [0.2, 0.25) is 0 Å². The third kappa shape index (κ3) is 4.88. The lowest BCUT2D eigenvalue weighted by atomic mass is 9.97. The molecule has 244 valence electrons. The number of aromatic nitrogens is 2. The molecular formula is C49H33N3. The summed E-state index contributed by atoms with van der Waals surface area (Å²) >= 11 is 0. The number of rotatable bonds is 5. The second kappa shape index (κ2) is 12.2. The van der Waals surface area contributed by atoms with Crippen LogP contribution >= 0.6 is 0 Å². The number of aryl methyl sites for hydroxylation is 1. The van der Waals surface area contributed by atoms with Crippen LogP contribution in [-0.2, 0) is 6.42 Å². The maximum absolute atomic E-state index is 9.59. The van der Waals surface area contributed by atoms with Crippen molar-refractivity contribution in [2.24, 2.45) is 0 Å². The van der Waals surface area contributed by atoms with Crippen molar-refractivity contribution in [2.45, 2.75) is 12.8 Å². The molecule has 0 N–H and O–H groups in total. The molecular weight excluding hydrogens is 631 g/mol. The lowest BCUT2D eigenvalue weighted by molar-refractivity contribution is 0.967. The van der Waals surface area contributed by atoms with Gasteiger partial charge in [-0.3, -0.25) is 0 Å². The Morgan fingerprint density at radius 3 is 1.77 bits per heavy atom. The van der Waals surface area contributed by atoms with Crippen LogP contribution in [0.1, 0.15) is 23.2 Å². The van der Waals surface area contributed by atoms with Gasteiger partial charge in [0.2, 0.25) is 0 Å². The summed E-state index contributed by atoms with van der Waals surface area (Å²) in [5, 5.41) is 13.3. The Hall–Kier alpha value is -6.89. The maximum atomic E-state index is 9.59. The van der Waals surface area contributed by atoms with Crippen LogP contribution in [0.15, 0.2) is 170 Å². The Labute approximate surface area is 302 Å². The van der Waals surface area contributed by atoms with Crippen molar-refractivity contribution in [1.29, 1.82) is 5.26 Å². The summed E-state index contributed by atoms with van der Waals surface area (Å²) in [5.74, 6) is 0. The summed E-state index contributed by atoms with van der Waals surface area (Å²) in [6, 6.07) is 60.9. The van der Waals surface area contributed by atoms with E-state index in [0.717, 1.165) is 29.6 Å². The minimum absolute atomic E-state index is 0.656. The molecule has 3 nitrogen and oxygen atoms in total. The summed E-state index contributed by atoms with van der Waals surface area (Å²) in [4.78, 5) is 0. The predicted molar refractivity (Wildman–Crippen MR) is 216 cm³/mol. The van der Waals surface area contributed by atoms with E-state index in [1.165, 1.54) is 72.0 Å². The normalized spacial score (nSPS) is 12.4. The molecule has 7 aromatic carbocycles. The number of benzene rings is 7. The molecule has 0 fully saturated rings. The first-order chi connectivity index (χ1) is 25.7. The van der Waals surface area contributed by atoms with Gasteiger partial charge in [0.05, 0.1) is 28.2 Å². The Kier molecular flexibility index (Phi) is 7.01. The summed E-state index contributed by atoms with van der Waals surface area (Å²) in [7, 11) is 0. The number of para-hydroxylation sites is 1. The van der Waals surface area contributed by atoms with Crippen molar-refractivity contribution < 1.29 is 0 Å². The molecule has 2 aromatic heterocycles. The quantitative estimate of drug-likeness (QED) is 0.180. The van der Waals surface area contributed by atoms with E-state index in [4.69, 9.17) is 0 Å². The zero-order valence-electron chi connectivity index (χ0n) is 28.5. The van der Waals surface area contributed by atoms with E-state index in [2.05, 4.69) is 173 Å². The monoisotopic (exact) mass is 663 g/mol. The molecule has 1 aliphatic carbocycles. The molecule has 10 rings (SSSR count). The molecule has 2 heterocycles. The second-order valence-corrected chi connectivity index (χ2v) is 13.6. The third-order valence-electron chi connectivity index (χ3n) is 10.6. The maximum Gasteiger partial charge on any atom is 0.0992 e. The minimum atomic E-state index is 0.656. The second-order valence-electron chi connectivity index (χ2n) is 13.6. The smallest absolute Gasteiger partial charge is 0.0992 e. The van der Waals surface area contributed by atoms with Gasteiger partial charge in [0.1, 0.15) is 0 Å². The Balaban J connectivity index is 1.04. The van der Waals surface area contributed by atoms with E-state index in [1.807, 2.05) is 18.2 Å². The van der Waals surface area contributed by atoms with Gasteiger partial charge in [0.25, 0.3) is 0 Å². The highest BCUT2D eigenvalue weighted by Gasteiger charge is 2.20. The zero-order valence-corrected chi connectivity index (χ0v) is 28.5. The highest BCUT2D eigenvalue weighted by Crippen LogP contribution is 2.39. The van der Waals surface area contributed by atoms with Crippen LogP contribution in [0.4, 0.5) is 0 Å². The number of allylic oxidation sites excluding steroid dienone is 1. The fourth-order valence-corrected chi connectivity index (χ4v) is 8.13. The predicted octanol–water partition coefficient (Wildman–Crippen LogP) is 12.6. The topological polar surface area (TPSA) is 33.6 Å². The standard InChI is InChI=1S/C49H33N3/c50-32-33-9-8-12-41(29-33)52-47-16-7-5-14-43(47)45-31-39(24-28-49(45)52)38-23-27-48-44(30-38)42-13-4-6-15-46(42)51(48)40-25-21-37(22-26-40)36-19-17-35(18-20-36)34-10-2-1-3-11-34/h1-3,5-12,14-31H,4,13H2. The fourth-order valence-electron chi connectivity index (χ4n) is 8.13. The van der Waals surface area contributed by atoms with Gasteiger partial charge >= 0.3 is 0 Å². The lowest BCUT2D eigenvalue weighted by Gasteiger charge is -2.13. The SMILES string of the molecule is N#Cc1cccc(-n2c3ccccc3c3cc(-c4ccc5c(c4)c4c(n5-c5ccc(-c6ccc(-c7ccccc7)cc6)cc5)C=CCC4)ccc32)c1. The van der Waals surface area contributed by atoms with Crippen molar-refractivity contribution in [1.82, 2.24) is 9.13 Å². The lowest BCUT2D eigenvalue weighted by Crippen LogP contribution is -2.00. The zero-order chi connectivity index (χ0) is 34.6.